The number of rotatable bonds is 3. The highest BCUT2D eigenvalue weighted by molar-refractivity contribution is 6.31. The molecule has 0 saturated carbocycles. The molecule has 0 amide bonds. The highest BCUT2D eigenvalue weighted by Crippen LogP contribution is 2.29. The van der Waals surface area contributed by atoms with Crippen LogP contribution < -0.4 is 5.32 Å². The van der Waals surface area contributed by atoms with Gasteiger partial charge in [-0.2, -0.15) is 0 Å². The van der Waals surface area contributed by atoms with Crippen molar-refractivity contribution in [2.45, 2.75) is 6.43 Å². The fourth-order valence-electron chi connectivity index (χ4n) is 0.974. The lowest BCUT2D eigenvalue weighted by molar-refractivity contribution is 0.151. The van der Waals surface area contributed by atoms with Crippen LogP contribution in [0.25, 0.3) is 0 Å². The molecule has 0 aliphatic heterocycles. The Hall–Kier alpha value is -1.27. The number of benzene rings is 1. The molecule has 0 heterocycles. The largest absolute Gasteiger partial charge is 0.374 e. The summed E-state index contributed by atoms with van der Waals surface area (Å²) < 4.78 is 24.8. The Morgan fingerprint density at radius 1 is 1.50 bits per heavy atom. The highest BCUT2D eigenvalue weighted by atomic mass is 35.5. The average Bonchev–Trinajstić information content (AvgIpc) is 2.16. The molecule has 1 nitrogen and oxygen atoms in total. The van der Waals surface area contributed by atoms with Crippen LogP contribution in [0.2, 0.25) is 5.02 Å². The zero-order valence-corrected chi connectivity index (χ0v) is 7.98. The third kappa shape index (κ3) is 2.61. The van der Waals surface area contributed by atoms with Crippen molar-refractivity contribution in [3.63, 3.8) is 0 Å². The van der Waals surface area contributed by atoms with Crippen molar-refractivity contribution >= 4 is 17.3 Å². The minimum Gasteiger partial charge on any atom is -0.374 e. The van der Waals surface area contributed by atoms with Gasteiger partial charge in [0.25, 0.3) is 6.43 Å². The van der Waals surface area contributed by atoms with Gasteiger partial charge in [-0.25, -0.2) is 8.78 Å². The second-order valence-electron chi connectivity index (χ2n) is 2.59. The Bertz CT molecular complexity index is 358. The van der Waals surface area contributed by atoms with Crippen molar-refractivity contribution in [1.29, 1.82) is 0 Å². The van der Waals surface area contributed by atoms with E-state index >= 15 is 0 Å². The van der Waals surface area contributed by atoms with E-state index in [2.05, 4.69) is 11.2 Å². The van der Waals surface area contributed by atoms with Gasteiger partial charge >= 0.3 is 0 Å². The molecule has 0 aliphatic carbocycles. The Morgan fingerprint density at radius 2 is 2.21 bits per heavy atom. The number of alkyl halides is 2. The minimum atomic E-state index is -2.57. The van der Waals surface area contributed by atoms with Crippen LogP contribution >= 0.6 is 11.6 Å². The summed E-state index contributed by atoms with van der Waals surface area (Å²) in [6.07, 6.45) is 2.44. The van der Waals surface area contributed by atoms with Gasteiger partial charge in [-0.15, -0.1) is 6.42 Å². The van der Waals surface area contributed by atoms with Gasteiger partial charge in [0.2, 0.25) is 0 Å². The molecule has 0 aliphatic rings. The number of hydrogen-bond acceptors (Lipinski definition) is 1. The molecule has 4 heteroatoms. The molecule has 0 bridgehead atoms. The molecule has 74 valence electrons. The summed E-state index contributed by atoms with van der Waals surface area (Å²) in [7, 11) is 0. The van der Waals surface area contributed by atoms with Gasteiger partial charge in [0.05, 0.1) is 6.54 Å². The zero-order chi connectivity index (χ0) is 10.6. The SMILES string of the molecule is C#CCNc1ccc(Cl)c(C(F)F)c1. The molecule has 14 heavy (non-hydrogen) atoms. The van der Waals surface area contributed by atoms with Gasteiger partial charge in [0, 0.05) is 16.3 Å². The van der Waals surface area contributed by atoms with E-state index in [1.807, 2.05) is 0 Å². The van der Waals surface area contributed by atoms with Crippen molar-refractivity contribution in [1.82, 2.24) is 0 Å². The normalized spacial score (nSPS) is 9.93. The zero-order valence-electron chi connectivity index (χ0n) is 7.23. The molecule has 1 aromatic rings. The first-order valence-corrected chi connectivity index (χ1v) is 4.28. The van der Waals surface area contributed by atoms with E-state index in [0.717, 1.165) is 0 Å². The molecular formula is C10H8ClF2N. The summed E-state index contributed by atoms with van der Waals surface area (Å²) in [5, 5.41) is 2.85. The Kier molecular flexibility index (Phi) is 3.73. The van der Waals surface area contributed by atoms with E-state index in [-0.39, 0.29) is 10.6 Å². The molecule has 1 aromatic carbocycles. The van der Waals surface area contributed by atoms with E-state index < -0.39 is 6.43 Å². The molecule has 0 spiro atoms. The van der Waals surface area contributed by atoms with Crippen LogP contribution in [0, 0.1) is 12.3 Å². The van der Waals surface area contributed by atoms with Gasteiger partial charge in [-0.05, 0) is 18.2 Å². The van der Waals surface area contributed by atoms with Crippen molar-refractivity contribution in [2.75, 3.05) is 11.9 Å². The lowest BCUT2D eigenvalue weighted by Crippen LogP contribution is -1.99. The second-order valence-corrected chi connectivity index (χ2v) is 3.00. The predicted octanol–water partition coefficient (Wildman–Crippen LogP) is 3.32. The van der Waals surface area contributed by atoms with Gasteiger partial charge in [-0.1, -0.05) is 17.5 Å². The van der Waals surface area contributed by atoms with E-state index in [4.69, 9.17) is 18.0 Å². The maximum absolute atomic E-state index is 12.4. The van der Waals surface area contributed by atoms with Crippen molar-refractivity contribution in [3.05, 3.63) is 28.8 Å². The number of hydrogen-bond donors (Lipinski definition) is 1. The average molecular weight is 216 g/mol. The van der Waals surface area contributed by atoms with E-state index in [1.54, 1.807) is 6.07 Å². The van der Waals surface area contributed by atoms with Gasteiger partial charge in [0.1, 0.15) is 0 Å². The van der Waals surface area contributed by atoms with Crippen LogP contribution in [0.15, 0.2) is 18.2 Å². The van der Waals surface area contributed by atoms with Crippen molar-refractivity contribution < 1.29 is 8.78 Å². The van der Waals surface area contributed by atoms with Gasteiger partial charge in [0.15, 0.2) is 0 Å². The quantitative estimate of drug-likeness (QED) is 0.763. The Balaban J connectivity index is 2.90. The summed E-state index contributed by atoms with van der Waals surface area (Å²) in [5.41, 5.74) is 0.358. The fourth-order valence-corrected chi connectivity index (χ4v) is 1.17. The van der Waals surface area contributed by atoms with E-state index in [0.29, 0.717) is 12.2 Å². The van der Waals surface area contributed by atoms with Crippen LogP contribution in [-0.2, 0) is 0 Å². The molecule has 1 N–H and O–H groups in total. The topological polar surface area (TPSA) is 12.0 Å². The monoisotopic (exact) mass is 215 g/mol. The molecule has 0 saturated heterocycles. The first-order valence-electron chi connectivity index (χ1n) is 3.90. The van der Waals surface area contributed by atoms with Crippen LogP contribution in [-0.4, -0.2) is 6.54 Å². The predicted molar refractivity (Wildman–Crippen MR) is 53.7 cm³/mol. The maximum Gasteiger partial charge on any atom is 0.265 e. The summed E-state index contributed by atoms with van der Waals surface area (Å²) in [4.78, 5) is 0. The van der Waals surface area contributed by atoms with E-state index in [9.17, 15) is 8.78 Å². The summed E-state index contributed by atoms with van der Waals surface area (Å²) in [6, 6.07) is 4.32. The first-order chi connectivity index (χ1) is 6.65. The molecule has 0 fully saturated rings. The van der Waals surface area contributed by atoms with Gasteiger partial charge < -0.3 is 5.32 Å². The third-order valence-corrected chi connectivity index (χ3v) is 1.97. The fraction of sp³-hybridized carbons (Fsp3) is 0.200. The van der Waals surface area contributed by atoms with Crippen LogP contribution in [0.1, 0.15) is 12.0 Å². The van der Waals surface area contributed by atoms with Gasteiger partial charge in [-0.3, -0.25) is 0 Å². The molecule has 0 unspecified atom stereocenters. The molecule has 0 aromatic heterocycles. The summed E-state index contributed by atoms with van der Waals surface area (Å²) in [6.45, 7) is 0.296. The van der Waals surface area contributed by atoms with E-state index in [1.165, 1.54) is 12.1 Å². The van der Waals surface area contributed by atoms with Crippen molar-refractivity contribution in [3.8, 4) is 12.3 Å². The lowest BCUT2D eigenvalue weighted by Gasteiger charge is -2.07. The first kappa shape index (κ1) is 10.8. The molecular weight excluding hydrogens is 208 g/mol. The van der Waals surface area contributed by atoms with Crippen molar-refractivity contribution in [2.24, 2.45) is 0 Å². The summed E-state index contributed by atoms with van der Waals surface area (Å²) >= 11 is 5.58. The standard InChI is InChI=1S/C10H8ClF2N/c1-2-5-14-7-3-4-9(11)8(6-7)10(12)13/h1,3-4,6,10,14H,5H2. The number of nitrogens with one attached hydrogen (secondary N) is 1. The second kappa shape index (κ2) is 4.83. The lowest BCUT2D eigenvalue weighted by atomic mass is 10.2. The minimum absolute atomic E-state index is 0.0613. The molecule has 1 rings (SSSR count). The van der Waals surface area contributed by atoms with Crippen LogP contribution in [0.5, 0.6) is 0 Å². The third-order valence-electron chi connectivity index (χ3n) is 1.63. The van der Waals surface area contributed by atoms with Crippen LogP contribution in [0.4, 0.5) is 14.5 Å². The molecule has 0 radical (unpaired) electrons. The maximum atomic E-state index is 12.4. The Labute approximate surface area is 86.1 Å². The number of halogens is 3. The highest BCUT2D eigenvalue weighted by Gasteiger charge is 2.11. The molecule has 0 atom stereocenters. The smallest absolute Gasteiger partial charge is 0.265 e. The summed E-state index contributed by atoms with van der Waals surface area (Å²) in [5.74, 6) is 2.35. The number of terminal acetylenes is 1. The van der Waals surface area contributed by atoms with Crippen LogP contribution in [0.3, 0.4) is 0 Å². The number of anilines is 1. The Morgan fingerprint density at radius 3 is 2.79 bits per heavy atom.